The number of piperidine rings is 1. The minimum atomic E-state index is 0.474. The topological polar surface area (TPSA) is 33.7 Å². The van der Waals surface area contributed by atoms with E-state index in [0.717, 1.165) is 23.1 Å². The van der Waals surface area contributed by atoms with Gasteiger partial charge >= 0.3 is 0 Å². The Balaban J connectivity index is 2.00. The molecule has 4 heteroatoms. The average Bonchev–Trinajstić information content (AvgIpc) is 2.48. The molecule has 4 nitrogen and oxygen atoms in total. The maximum Gasteiger partial charge on any atom is 0.163 e. The van der Waals surface area contributed by atoms with E-state index < -0.39 is 0 Å². The number of nitrogens with zero attached hydrogens (tertiary/aromatic N) is 1. The van der Waals surface area contributed by atoms with Gasteiger partial charge < -0.3 is 19.7 Å². The smallest absolute Gasteiger partial charge is 0.163 e. The van der Waals surface area contributed by atoms with Gasteiger partial charge in [-0.25, -0.2) is 0 Å². The summed E-state index contributed by atoms with van der Waals surface area (Å²) >= 11 is 0. The van der Waals surface area contributed by atoms with Crippen LogP contribution in [0.2, 0.25) is 0 Å². The molecule has 21 heavy (non-hydrogen) atoms. The first-order valence-electron chi connectivity index (χ1n) is 7.90. The van der Waals surface area contributed by atoms with Gasteiger partial charge in [-0.1, -0.05) is 0 Å². The molecule has 0 bridgehead atoms. The van der Waals surface area contributed by atoms with Crippen LogP contribution in [0.1, 0.15) is 26.7 Å². The van der Waals surface area contributed by atoms with Crippen LogP contribution in [-0.4, -0.2) is 44.8 Å². The third-order valence-electron chi connectivity index (χ3n) is 4.33. The summed E-state index contributed by atoms with van der Waals surface area (Å²) in [5, 5.41) is 3.62. The highest BCUT2D eigenvalue weighted by Crippen LogP contribution is 2.31. The van der Waals surface area contributed by atoms with Gasteiger partial charge in [0, 0.05) is 17.8 Å². The van der Waals surface area contributed by atoms with Gasteiger partial charge in [-0.15, -0.1) is 0 Å². The molecule has 1 fully saturated rings. The first-order chi connectivity index (χ1) is 10.1. The molecule has 1 aromatic carbocycles. The largest absolute Gasteiger partial charge is 0.493 e. The molecule has 1 atom stereocenters. The Morgan fingerprint density at radius 3 is 2.62 bits per heavy atom. The van der Waals surface area contributed by atoms with Gasteiger partial charge in [0.05, 0.1) is 13.7 Å². The Labute approximate surface area is 128 Å². The predicted octanol–water partition coefficient (Wildman–Crippen LogP) is 3.24. The molecule has 0 aliphatic carbocycles. The van der Waals surface area contributed by atoms with Crippen molar-refractivity contribution in [1.29, 1.82) is 0 Å². The fourth-order valence-electron chi connectivity index (χ4n) is 2.94. The zero-order valence-corrected chi connectivity index (χ0v) is 13.7. The van der Waals surface area contributed by atoms with Gasteiger partial charge in [-0.05, 0) is 64.9 Å². The standard InChI is InChI=1S/C17H28N2O2/c1-5-21-17-12-15(6-7-16(17)20-4)18-13(2)14-8-10-19(3)11-9-14/h6-7,12-14,18H,5,8-11H2,1-4H3. The van der Waals surface area contributed by atoms with E-state index in [0.29, 0.717) is 12.6 Å². The number of methoxy groups -OCH3 is 1. The summed E-state index contributed by atoms with van der Waals surface area (Å²) < 4.78 is 11.0. The lowest BCUT2D eigenvalue weighted by molar-refractivity contribution is 0.208. The number of anilines is 1. The van der Waals surface area contributed by atoms with Crippen molar-refractivity contribution in [3.63, 3.8) is 0 Å². The highest BCUT2D eigenvalue weighted by molar-refractivity contribution is 5.55. The molecule has 0 aromatic heterocycles. The molecule has 1 N–H and O–H groups in total. The second-order valence-electron chi connectivity index (χ2n) is 5.87. The Morgan fingerprint density at radius 1 is 1.29 bits per heavy atom. The molecule has 0 spiro atoms. The molecule has 1 unspecified atom stereocenters. The summed E-state index contributed by atoms with van der Waals surface area (Å²) in [6.45, 7) is 7.30. The summed E-state index contributed by atoms with van der Waals surface area (Å²) in [4.78, 5) is 2.41. The zero-order valence-electron chi connectivity index (χ0n) is 13.7. The Bertz CT molecular complexity index is 442. The van der Waals surface area contributed by atoms with Crippen LogP contribution in [0.3, 0.4) is 0 Å². The van der Waals surface area contributed by atoms with E-state index in [4.69, 9.17) is 9.47 Å². The van der Waals surface area contributed by atoms with Gasteiger partial charge in [0.25, 0.3) is 0 Å². The Hall–Kier alpha value is -1.42. The first kappa shape index (κ1) is 16.0. The molecule has 118 valence electrons. The molecule has 1 aliphatic rings. The van der Waals surface area contributed by atoms with Crippen molar-refractivity contribution in [3.05, 3.63) is 18.2 Å². The van der Waals surface area contributed by atoms with E-state index in [1.807, 2.05) is 19.1 Å². The van der Waals surface area contributed by atoms with Crippen LogP contribution < -0.4 is 14.8 Å². The van der Waals surface area contributed by atoms with E-state index in [1.165, 1.54) is 25.9 Å². The molecule has 1 saturated heterocycles. The molecule has 0 radical (unpaired) electrons. The maximum absolute atomic E-state index is 5.64. The SMILES string of the molecule is CCOc1cc(NC(C)C2CCN(C)CC2)ccc1OC. The lowest BCUT2D eigenvalue weighted by Crippen LogP contribution is -2.37. The quantitative estimate of drug-likeness (QED) is 0.873. The number of rotatable bonds is 6. The summed E-state index contributed by atoms with van der Waals surface area (Å²) in [6, 6.07) is 6.54. The van der Waals surface area contributed by atoms with Crippen LogP contribution in [0.5, 0.6) is 11.5 Å². The number of ether oxygens (including phenoxy) is 2. The number of likely N-dealkylation sites (tertiary alicyclic amines) is 1. The molecule has 1 aliphatic heterocycles. The first-order valence-corrected chi connectivity index (χ1v) is 7.90. The zero-order chi connectivity index (χ0) is 15.2. The Kier molecular flexibility index (Phi) is 5.74. The average molecular weight is 292 g/mol. The number of nitrogens with one attached hydrogen (secondary N) is 1. The van der Waals surface area contributed by atoms with Crippen molar-refractivity contribution in [2.75, 3.05) is 39.2 Å². The van der Waals surface area contributed by atoms with Crippen molar-refractivity contribution in [2.45, 2.75) is 32.7 Å². The van der Waals surface area contributed by atoms with Crippen molar-refractivity contribution in [3.8, 4) is 11.5 Å². The minimum absolute atomic E-state index is 0.474. The number of benzene rings is 1. The van der Waals surface area contributed by atoms with Crippen LogP contribution in [-0.2, 0) is 0 Å². The highest BCUT2D eigenvalue weighted by Gasteiger charge is 2.22. The number of hydrogen-bond donors (Lipinski definition) is 1. The summed E-state index contributed by atoms with van der Waals surface area (Å²) in [6.07, 6.45) is 2.53. The fraction of sp³-hybridized carbons (Fsp3) is 0.647. The number of hydrogen-bond acceptors (Lipinski definition) is 4. The molecule has 0 amide bonds. The van der Waals surface area contributed by atoms with Crippen molar-refractivity contribution in [1.82, 2.24) is 4.90 Å². The second kappa shape index (κ2) is 7.55. The van der Waals surface area contributed by atoms with Gasteiger partial charge in [0.1, 0.15) is 0 Å². The van der Waals surface area contributed by atoms with Crippen LogP contribution >= 0.6 is 0 Å². The summed E-state index contributed by atoms with van der Waals surface area (Å²) in [5.74, 6) is 2.33. The summed E-state index contributed by atoms with van der Waals surface area (Å²) in [5.41, 5.74) is 1.10. The van der Waals surface area contributed by atoms with Crippen molar-refractivity contribution in [2.24, 2.45) is 5.92 Å². The molecular weight excluding hydrogens is 264 g/mol. The monoisotopic (exact) mass is 292 g/mol. The van der Waals surface area contributed by atoms with E-state index in [1.54, 1.807) is 7.11 Å². The van der Waals surface area contributed by atoms with Crippen LogP contribution in [0.15, 0.2) is 18.2 Å². The predicted molar refractivity (Wildman–Crippen MR) is 87.5 cm³/mol. The van der Waals surface area contributed by atoms with Gasteiger partial charge in [0.15, 0.2) is 11.5 Å². The van der Waals surface area contributed by atoms with Crippen molar-refractivity contribution >= 4 is 5.69 Å². The normalized spacial score (nSPS) is 18.3. The van der Waals surface area contributed by atoms with E-state index in [2.05, 4.69) is 30.3 Å². The summed E-state index contributed by atoms with van der Waals surface area (Å²) in [7, 11) is 3.87. The maximum atomic E-state index is 5.64. The van der Waals surface area contributed by atoms with E-state index in [-0.39, 0.29) is 0 Å². The van der Waals surface area contributed by atoms with Gasteiger partial charge in [-0.2, -0.15) is 0 Å². The van der Waals surface area contributed by atoms with Crippen molar-refractivity contribution < 1.29 is 9.47 Å². The van der Waals surface area contributed by atoms with Crippen LogP contribution in [0.25, 0.3) is 0 Å². The van der Waals surface area contributed by atoms with Crippen LogP contribution in [0, 0.1) is 5.92 Å². The lowest BCUT2D eigenvalue weighted by atomic mass is 9.90. The molecule has 2 rings (SSSR count). The van der Waals surface area contributed by atoms with Gasteiger partial charge in [-0.3, -0.25) is 0 Å². The third-order valence-corrected chi connectivity index (χ3v) is 4.33. The second-order valence-corrected chi connectivity index (χ2v) is 5.87. The highest BCUT2D eigenvalue weighted by atomic mass is 16.5. The third kappa shape index (κ3) is 4.27. The fourth-order valence-corrected chi connectivity index (χ4v) is 2.94. The molecule has 1 heterocycles. The molecule has 0 saturated carbocycles. The minimum Gasteiger partial charge on any atom is -0.493 e. The lowest BCUT2D eigenvalue weighted by Gasteiger charge is -2.33. The van der Waals surface area contributed by atoms with Gasteiger partial charge in [0.2, 0.25) is 0 Å². The molecular formula is C17H28N2O2. The van der Waals surface area contributed by atoms with E-state index in [9.17, 15) is 0 Å². The van der Waals surface area contributed by atoms with Crippen LogP contribution in [0.4, 0.5) is 5.69 Å². The van der Waals surface area contributed by atoms with E-state index >= 15 is 0 Å². The Morgan fingerprint density at radius 2 is 2.00 bits per heavy atom. The molecule has 1 aromatic rings.